The van der Waals surface area contributed by atoms with E-state index in [1.807, 2.05) is 5.32 Å². The van der Waals surface area contributed by atoms with Gasteiger partial charge in [0.2, 0.25) is 0 Å². The van der Waals surface area contributed by atoms with E-state index in [4.69, 9.17) is 0 Å². The Labute approximate surface area is 45.9 Å². The molecule has 0 radical (unpaired) electrons. The molecule has 8 heavy (non-hydrogen) atoms. The van der Waals surface area contributed by atoms with Gasteiger partial charge in [0.15, 0.2) is 12.5 Å². The van der Waals surface area contributed by atoms with Crippen molar-refractivity contribution in [3.05, 3.63) is 0 Å². The van der Waals surface area contributed by atoms with Gasteiger partial charge in [0, 0.05) is 0 Å². The van der Waals surface area contributed by atoms with Gasteiger partial charge in [-0.15, -0.1) is 0 Å². The Balaban J connectivity index is 3.29. The monoisotopic (exact) mass is 127 g/mol. The summed E-state index contributed by atoms with van der Waals surface area (Å²) in [5, 5.41) is 1.93. The third kappa shape index (κ3) is 2.16. The fraction of sp³-hybridized carbons (Fsp3) is 1.00. The lowest BCUT2D eigenvalue weighted by Gasteiger charge is -2.06. The molecule has 0 bridgehead atoms. The topological polar surface area (TPSA) is 12.0 Å². The van der Waals surface area contributed by atoms with Gasteiger partial charge in [0.25, 0.3) is 0 Å². The number of rotatable bonds is 3. The van der Waals surface area contributed by atoms with E-state index in [9.17, 15) is 13.2 Å². The average Bonchev–Trinajstić information content (AvgIpc) is 1.84. The van der Waals surface area contributed by atoms with Gasteiger partial charge in [-0.3, -0.25) is 5.32 Å². The lowest BCUT2D eigenvalue weighted by atomic mass is 10.4. The van der Waals surface area contributed by atoms with E-state index >= 15 is 0 Å². The number of alkyl halides is 3. The van der Waals surface area contributed by atoms with Crippen LogP contribution in [0.1, 0.15) is 0 Å². The lowest BCUT2D eigenvalue weighted by Crippen LogP contribution is -2.31. The van der Waals surface area contributed by atoms with E-state index in [0.29, 0.717) is 0 Å². The summed E-state index contributed by atoms with van der Waals surface area (Å²) in [6.07, 6.45) is -3.90. The molecule has 0 aromatic heterocycles. The maximum Gasteiger partial charge on any atom is 0.184 e. The number of nitrogens with one attached hydrogen (secondary N) is 1. The van der Waals surface area contributed by atoms with Gasteiger partial charge in [-0.05, 0) is 7.05 Å². The van der Waals surface area contributed by atoms with Gasteiger partial charge in [0.1, 0.15) is 6.67 Å². The Morgan fingerprint density at radius 3 is 2.12 bits per heavy atom. The van der Waals surface area contributed by atoms with Crippen LogP contribution in [0.5, 0.6) is 0 Å². The maximum absolute atomic E-state index is 11.8. The predicted molar refractivity (Wildman–Crippen MR) is 24.8 cm³/mol. The van der Waals surface area contributed by atoms with Crippen molar-refractivity contribution in [2.24, 2.45) is 0 Å². The second kappa shape index (κ2) is 3.72. The summed E-state index contributed by atoms with van der Waals surface area (Å²) in [5.74, 6) is 0. The summed E-state index contributed by atoms with van der Waals surface area (Å²) in [7, 11) is 1.23. The van der Waals surface area contributed by atoms with Crippen LogP contribution in [0.3, 0.4) is 0 Å². The minimum absolute atomic E-state index is 1.23. The predicted octanol–water partition coefficient (Wildman–Crippen LogP) is 0.809. The summed E-state index contributed by atoms with van der Waals surface area (Å²) in [6.45, 7) is -1.28. The van der Waals surface area contributed by atoms with Crippen LogP contribution in [0.25, 0.3) is 0 Å². The van der Waals surface area contributed by atoms with Crippen molar-refractivity contribution in [1.29, 1.82) is 0 Å². The number of hydrogen-bond donors (Lipinski definition) is 1. The first-order valence-electron chi connectivity index (χ1n) is 2.23. The largest absolute Gasteiger partial charge is 0.288 e. The molecule has 1 nitrogen and oxygen atoms in total. The fourth-order valence-electron chi connectivity index (χ4n) is 0.259. The van der Waals surface area contributed by atoms with Gasteiger partial charge in [0.05, 0.1) is 0 Å². The summed E-state index contributed by atoms with van der Waals surface area (Å²) < 4.78 is 34.7. The molecule has 0 aliphatic rings. The number of hydrogen-bond acceptors (Lipinski definition) is 1. The van der Waals surface area contributed by atoms with E-state index in [1.54, 1.807) is 0 Å². The van der Waals surface area contributed by atoms with Crippen LogP contribution in [-0.2, 0) is 0 Å². The third-order valence-electron chi connectivity index (χ3n) is 0.741. The van der Waals surface area contributed by atoms with Crippen LogP contribution in [-0.4, -0.2) is 26.2 Å². The number of halogens is 3. The van der Waals surface area contributed by atoms with Gasteiger partial charge >= 0.3 is 0 Å². The molecule has 0 saturated heterocycles. The molecule has 0 heterocycles. The molecule has 0 aromatic rings. The van der Waals surface area contributed by atoms with E-state index < -0.39 is 19.1 Å². The van der Waals surface area contributed by atoms with E-state index in [1.165, 1.54) is 7.05 Å². The molecule has 0 aromatic carbocycles. The standard InChI is InChI=1S/C4H8F3N/c1-8-4(7)3(6)2-5/h3-4,8H,2H2,1H3. The minimum Gasteiger partial charge on any atom is -0.288 e. The molecule has 0 rings (SSSR count). The first-order chi connectivity index (χ1) is 3.72. The molecule has 2 unspecified atom stereocenters. The Morgan fingerprint density at radius 2 is 2.00 bits per heavy atom. The molecule has 4 heteroatoms. The van der Waals surface area contributed by atoms with Crippen molar-refractivity contribution in [1.82, 2.24) is 5.32 Å². The summed E-state index contributed by atoms with van der Waals surface area (Å²) >= 11 is 0. The zero-order chi connectivity index (χ0) is 6.57. The summed E-state index contributed by atoms with van der Waals surface area (Å²) in [6, 6.07) is 0. The zero-order valence-corrected chi connectivity index (χ0v) is 4.50. The molecule has 0 amide bonds. The first-order valence-corrected chi connectivity index (χ1v) is 2.23. The molecular weight excluding hydrogens is 119 g/mol. The van der Waals surface area contributed by atoms with Crippen LogP contribution < -0.4 is 5.32 Å². The van der Waals surface area contributed by atoms with Crippen LogP contribution in [0.4, 0.5) is 13.2 Å². The van der Waals surface area contributed by atoms with Gasteiger partial charge in [-0.2, -0.15) is 0 Å². The van der Waals surface area contributed by atoms with Crippen LogP contribution in [0.15, 0.2) is 0 Å². The zero-order valence-electron chi connectivity index (χ0n) is 4.50. The van der Waals surface area contributed by atoms with Crippen molar-refractivity contribution in [3.8, 4) is 0 Å². The molecule has 2 atom stereocenters. The van der Waals surface area contributed by atoms with Crippen molar-refractivity contribution in [2.75, 3.05) is 13.7 Å². The Kier molecular flexibility index (Phi) is 3.60. The second-order valence-corrected chi connectivity index (χ2v) is 1.36. The SMILES string of the molecule is CNC(F)C(F)CF. The lowest BCUT2D eigenvalue weighted by molar-refractivity contribution is 0.118. The highest BCUT2D eigenvalue weighted by molar-refractivity contribution is 4.61. The van der Waals surface area contributed by atoms with Crippen molar-refractivity contribution in [2.45, 2.75) is 12.5 Å². The second-order valence-electron chi connectivity index (χ2n) is 1.36. The summed E-state index contributed by atoms with van der Waals surface area (Å²) in [5.41, 5.74) is 0. The van der Waals surface area contributed by atoms with Gasteiger partial charge in [-0.25, -0.2) is 13.2 Å². The Hall–Kier alpha value is -0.250. The third-order valence-corrected chi connectivity index (χ3v) is 0.741. The van der Waals surface area contributed by atoms with Gasteiger partial charge < -0.3 is 0 Å². The normalized spacial score (nSPS) is 18.0. The Bertz CT molecular complexity index is 51.2. The molecule has 0 spiro atoms. The highest BCUT2D eigenvalue weighted by atomic mass is 19.2. The maximum atomic E-state index is 11.8. The van der Waals surface area contributed by atoms with Crippen molar-refractivity contribution in [3.63, 3.8) is 0 Å². The van der Waals surface area contributed by atoms with Crippen LogP contribution in [0.2, 0.25) is 0 Å². The molecule has 1 N–H and O–H groups in total. The fourth-order valence-corrected chi connectivity index (χ4v) is 0.259. The minimum atomic E-state index is -2.03. The van der Waals surface area contributed by atoms with Crippen molar-refractivity contribution >= 4 is 0 Å². The Morgan fingerprint density at radius 1 is 1.50 bits per heavy atom. The van der Waals surface area contributed by atoms with E-state index in [2.05, 4.69) is 0 Å². The van der Waals surface area contributed by atoms with Crippen LogP contribution in [0, 0.1) is 0 Å². The van der Waals surface area contributed by atoms with E-state index in [-0.39, 0.29) is 0 Å². The van der Waals surface area contributed by atoms with E-state index in [0.717, 1.165) is 0 Å². The molecule has 0 aliphatic carbocycles. The van der Waals surface area contributed by atoms with Crippen LogP contribution >= 0.6 is 0 Å². The molecular formula is C4H8F3N. The highest BCUT2D eigenvalue weighted by Gasteiger charge is 2.16. The highest BCUT2D eigenvalue weighted by Crippen LogP contribution is 1.99. The molecule has 0 fully saturated rings. The van der Waals surface area contributed by atoms with Gasteiger partial charge in [-0.1, -0.05) is 0 Å². The summed E-state index contributed by atoms with van der Waals surface area (Å²) in [4.78, 5) is 0. The smallest absolute Gasteiger partial charge is 0.184 e. The molecule has 0 aliphatic heterocycles. The van der Waals surface area contributed by atoms with Crippen molar-refractivity contribution < 1.29 is 13.2 Å². The average molecular weight is 127 g/mol. The quantitative estimate of drug-likeness (QED) is 0.553. The molecule has 50 valence electrons. The first kappa shape index (κ1) is 7.75. The molecule has 0 saturated carbocycles.